The lowest BCUT2D eigenvalue weighted by molar-refractivity contribution is 0.165. The molecule has 2 nitrogen and oxygen atoms in total. The summed E-state index contributed by atoms with van der Waals surface area (Å²) in [7, 11) is 0. The van der Waals surface area contributed by atoms with Crippen LogP contribution >= 0.6 is 11.3 Å². The first-order chi connectivity index (χ1) is 5.74. The number of thiophene rings is 1. The summed E-state index contributed by atoms with van der Waals surface area (Å²) < 4.78 is 0. The highest BCUT2D eigenvalue weighted by Gasteiger charge is 2.10. The van der Waals surface area contributed by atoms with Crippen molar-refractivity contribution in [2.75, 3.05) is 6.54 Å². The van der Waals surface area contributed by atoms with Crippen LogP contribution in [0.15, 0.2) is 16.8 Å². The molecule has 0 aliphatic heterocycles. The first-order valence-corrected chi connectivity index (χ1v) is 5.08. The van der Waals surface area contributed by atoms with Crippen LogP contribution in [0.5, 0.6) is 0 Å². The van der Waals surface area contributed by atoms with Gasteiger partial charge in [-0.2, -0.15) is 11.3 Å². The maximum absolute atomic E-state index is 9.31. The Morgan fingerprint density at radius 2 is 2.42 bits per heavy atom. The number of aliphatic hydroxyl groups excluding tert-OH is 1. The predicted octanol–water partition coefficient (Wildman–Crippen LogP) is 1.56. The van der Waals surface area contributed by atoms with E-state index in [1.807, 2.05) is 0 Å². The number of nitrogens with two attached hydrogens (primary N) is 1. The second-order valence-electron chi connectivity index (χ2n) is 3.08. The Kier molecular flexibility index (Phi) is 3.72. The van der Waals surface area contributed by atoms with Gasteiger partial charge in [0.15, 0.2) is 0 Å². The summed E-state index contributed by atoms with van der Waals surface area (Å²) in [6, 6.07) is 2.10. The third-order valence-corrected chi connectivity index (χ3v) is 2.71. The summed E-state index contributed by atoms with van der Waals surface area (Å²) in [5, 5.41) is 13.5. The van der Waals surface area contributed by atoms with Gasteiger partial charge in [0.05, 0.1) is 6.10 Å². The quantitative estimate of drug-likeness (QED) is 0.747. The van der Waals surface area contributed by atoms with Crippen molar-refractivity contribution in [3.05, 3.63) is 22.4 Å². The normalized spacial score (nSPS) is 15.9. The van der Waals surface area contributed by atoms with Crippen molar-refractivity contribution in [3.8, 4) is 0 Å². The molecule has 0 fully saturated rings. The second kappa shape index (κ2) is 4.60. The second-order valence-corrected chi connectivity index (χ2v) is 3.86. The molecule has 0 bridgehead atoms. The molecule has 1 heterocycles. The van der Waals surface area contributed by atoms with Crippen LogP contribution in [0.3, 0.4) is 0 Å². The molecule has 0 aliphatic rings. The van der Waals surface area contributed by atoms with E-state index < -0.39 is 0 Å². The summed E-state index contributed by atoms with van der Waals surface area (Å²) >= 11 is 1.69. The van der Waals surface area contributed by atoms with E-state index in [1.54, 1.807) is 11.3 Å². The molecule has 2 unspecified atom stereocenters. The van der Waals surface area contributed by atoms with Gasteiger partial charge in [-0.1, -0.05) is 6.92 Å². The van der Waals surface area contributed by atoms with Crippen molar-refractivity contribution >= 4 is 11.3 Å². The van der Waals surface area contributed by atoms with Gasteiger partial charge in [-0.15, -0.1) is 0 Å². The largest absolute Gasteiger partial charge is 0.392 e. The van der Waals surface area contributed by atoms with Crippen LogP contribution < -0.4 is 5.73 Å². The van der Waals surface area contributed by atoms with E-state index in [4.69, 9.17) is 5.73 Å². The van der Waals surface area contributed by atoms with Crippen LogP contribution in [-0.4, -0.2) is 17.8 Å². The van der Waals surface area contributed by atoms with Crippen LogP contribution in [0.4, 0.5) is 0 Å². The van der Waals surface area contributed by atoms with E-state index in [2.05, 4.69) is 23.8 Å². The minimum atomic E-state index is -0.361. The van der Waals surface area contributed by atoms with Crippen LogP contribution in [-0.2, 0) is 0 Å². The smallest absolute Gasteiger partial charge is 0.0668 e. The Morgan fingerprint density at radius 1 is 1.67 bits per heavy atom. The van der Waals surface area contributed by atoms with Gasteiger partial charge in [-0.3, -0.25) is 0 Å². The molecule has 2 atom stereocenters. The van der Waals surface area contributed by atoms with Crippen molar-refractivity contribution in [1.29, 1.82) is 0 Å². The Hall–Kier alpha value is -0.380. The van der Waals surface area contributed by atoms with Crippen molar-refractivity contribution in [1.82, 2.24) is 0 Å². The number of rotatable bonds is 4. The molecule has 68 valence electrons. The fourth-order valence-electron chi connectivity index (χ4n) is 1.20. The molecule has 0 saturated carbocycles. The Labute approximate surface area is 77.0 Å². The first-order valence-electron chi connectivity index (χ1n) is 4.14. The zero-order valence-electron chi connectivity index (χ0n) is 7.23. The molecule has 1 aromatic heterocycles. The molecule has 3 N–H and O–H groups in total. The van der Waals surface area contributed by atoms with E-state index in [-0.39, 0.29) is 6.10 Å². The minimum absolute atomic E-state index is 0.356. The lowest BCUT2D eigenvalue weighted by atomic mass is 9.98. The summed E-state index contributed by atoms with van der Waals surface area (Å²) in [6.45, 7) is 2.47. The zero-order valence-corrected chi connectivity index (χ0v) is 8.05. The molecule has 0 saturated heterocycles. The SMILES string of the molecule is CC(CC(O)CN)c1ccsc1. The van der Waals surface area contributed by atoms with Gasteiger partial charge in [0.25, 0.3) is 0 Å². The van der Waals surface area contributed by atoms with Gasteiger partial charge in [0.1, 0.15) is 0 Å². The summed E-state index contributed by atoms with van der Waals surface area (Å²) in [5.41, 5.74) is 6.62. The van der Waals surface area contributed by atoms with Crippen molar-refractivity contribution in [2.45, 2.75) is 25.4 Å². The van der Waals surface area contributed by atoms with Crippen LogP contribution in [0.2, 0.25) is 0 Å². The average molecular weight is 185 g/mol. The fraction of sp³-hybridized carbons (Fsp3) is 0.556. The third kappa shape index (κ3) is 2.59. The maximum Gasteiger partial charge on any atom is 0.0668 e. The molecule has 0 spiro atoms. The standard InChI is InChI=1S/C9H15NOS/c1-7(4-9(11)5-10)8-2-3-12-6-8/h2-3,6-7,9,11H,4-5,10H2,1H3. The summed E-state index contributed by atoms with van der Waals surface area (Å²) in [4.78, 5) is 0. The predicted molar refractivity (Wildman–Crippen MR) is 52.4 cm³/mol. The van der Waals surface area contributed by atoms with Crippen LogP contribution in [0, 0.1) is 0 Å². The Bertz CT molecular complexity index is 210. The fourth-order valence-corrected chi connectivity index (χ4v) is 1.98. The third-order valence-electron chi connectivity index (χ3n) is 2.01. The molecule has 12 heavy (non-hydrogen) atoms. The molecule has 1 aromatic rings. The monoisotopic (exact) mass is 185 g/mol. The number of hydrogen-bond acceptors (Lipinski definition) is 3. The molecule has 0 aromatic carbocycles. The van der Waals surface area contributed by atoms with E-state index in [0.717, 1.165) is 6.42 Å². The summed E-state index contributed by atoms with van der Waals surface area (Å²) in [6.07, 6.45) is 0.396. The van der Waals surface area contributed by atoms with Gasteiger partial charge in [0.2, 0.25) is 0 Å². The van der Waals surface area contributed by atoms with Gasteiger partial charge in [-0.05, 0) is 34.7 Å². The molecular weight excluding hydrogens is 170 g/mol. The maximum atomic E-state index is 9.31. The van der Waals surface area contributed by atoms with Gasteiger partial charge in [0, 0.05) is 6.54 Å². The van der Waals surface area contributed by atoms with Crippen molar-refractivity contribution in [3.63, 3.8) is 0 Å². The van der Waals surface area contributed by atoms with Gasteiger partial charge < -0.3 is 10.8 Å². The van der Waals surface area contributed by atoms with E-state index in [0.29, 0.717) is 12.5 Å². The molecule has 1 rings (SSSR count). The minimum Gasteiger partial charge on any atom is -0.392 e. The van der Waals surface area contributed by atoms with Crippen molar-refractivity contribution in [2.24, 2.45) is 5.73 Å². The van der Waals surface area contributed by atoms with Gasteiger partial charge in [-0.25, -0.2) is 0 Å². The average Bonchev–Trinajstić information content (AvgIpc) is 2.56. The molecular formula is C9H15NOS. The molecule has 0 amide bonds. The lowest BCUT2D eigenvalue weighted by Gasteiger charge is -2.13. The summed E-state index contributed by atoms with van der Waals surface area (Å²) in [5.74, 6) is 0.412. The Balaban J connectivity index is 2.44. The Morgan fingerprint density at radius 3 is 2.92 bits per heavy atom. The first kappa shape index (κ1) is 9.71. The van der Waals surface area contributed by atoms with E-state index in [9.17, 15) is 5.11 Å². The van der Waals surface area contributed by atoms with E-state index >= 15 is 0 Å². The van der Waals surface area contributed by atoms with E-state index in [1.165, 1.54) is 5.56 Å². The zero-order chi connectivity index (χ0) is 8.97. The highest BCUT2D eigenvalue weighted by atomic mass is 32.1. The van der Waals surface area contributed by atoms with Crippen LogP contribution in [0.25, 0.3) is 0 Å². The topological polar surface area (TPSA) is 46.2 Å². The highest BCUT2D eigenvalue weighted by Crippen LogP contribution is 2.22. The number of hydrogen-bond donors (Lipinski definition) is 2. The van der Waals surface area contributed by atoms with Crippen molar-refractivity contribution < 1.29 is 5.11 Å². The molecule has 3 heteroatoms. The van der Waals surface area contributed by atoms with Crippen LogP contribution in [0.1, 0.15) is 24.8 Å². The number of aliphatic hydroxyl groups is 1. The molecule has 0 aliphatic carbocycles. The van der Waals surface area contributed by atoms with Gasteiger partial charge >= 0.3 is 0 Å². The highest BCUT2D eigenvalue weighted by molar-refractivity contribution is 7.07. The molecule has 0 radical (unpaired) electrons. The lowest BCUT2D eigenvalue weighted by Crippen LogP contribution is -2.21.